The monoisotopic (exact) mass is 164 g/mol. The number of aliphatic hydroxyl groups excluding tert-OH is 2. The molecule has 0 aliphatic rings. The summed E-state index contributed by atoms with van der Waals surface area (Å²) in [6, 6.07) is 0. The van der Waals surface area contributed by atoms with Crippen LogP contribution in [-0.2, 0) is 9.47 Å². The van der Waals surface area contributed by atoms with Crippen molar-refractivity contribution in [2.24, 2.45) is 0 Å². The predicted molar refractivity (Wildman–Crippen MR) is 40.4 cm³/mol. The summed E-state index contributed by atoms with van der Waals surface area (Å²) in [5, 5.41) is 17.8. The molecule has 0 saturated heterocycles. The van der Waals surface area contributed by atoms with Crippen molar-refractivity contribution in [1.29, 1.82) is 0 Å². The highest BCUT2D eigenvalue weighted by Gasteiger charge is 2.09. The van der Waals surface area contributed by atoms with Gasteiger partial charge in [-0.1, -0.05) is 0 Å². The number of ether oxygens (including phenoxy) is 2. The SMILES string of the molecule is COCCOCC(O)C(C)O. The second-order valence-electron chi connectivity index (χ2n) is 2.38. The highest BCUT2D eigenvalue weighted by Crippen LogP contribution is 1.92. The van der Waals surface area contributed by atoms with E-state index < -0.39 is 12.2 Å². The van der Waals surface area contributed by atoms with Gasteiger partial charge in [-0.2, -0.15) is 0 Å². The lowest BCUT2D eigenvalue weighted by Gasteiger charge is -2.13. The molecule has 2 atom stereocenters. The van der Waals surface area contributed by atoms with Crippen molar-refractivity contribution in [2.45, 2.75) is 19.1 Å². The van der Waals surface area contributed by atoms with Crippen molar-refractivity contribution in [3.8, 4) is 0 Å². The lowest BCUT2D eigenvalue weighted by atomic mass is 10.2. The molecule has 11 heavy (non-hydrogen) atoms. The number of rotatable bonds is 6. The average molecular weight is 164 g/mol. The fraction of sp³-hybridized carbons (Fsp3) is 1.00. The summed E-state index contributed by atoms with van der Waals surface area (Å²) in [5.74, 6) is 0. The lowest BCUT2D eigenvalue weighted by molar-refractivity contribution is -0.0390. The molecule has 0 spiro atoms. The van der Waals surface area contributed by atoms with E-state index in [0.29, 0.717) is 13.2 Å². The van der Waals surface area contributed by atoms with Gasteiger partial charge in [-0.15, -0.1) is 0 Å². The number of hydrogen-bond acceptors (Lipinski definition) is 4. The zero-order chi connectivity index (χ0) is 8.69. The second-order valence-corrected chi connectivity index (χ2v) is 2.38. The van der Waals surface area contributed by atoms with Crippen LogP contribution in [0.4, 0.5) is 0 Å². The molecule has 0 rings (SSSR count). The Hall–Kier alpha value is -0.160. The van der Waals surface area contributed by atoms with Crippen LogP contribution in [0.5, 0.6) is 0 Å². The van der Waals surface area contributed by atoms with Crippen LogP contribution >= 0.6 is 0 Å². The minimum atomic E-state index is -0.799. The van der Waals surface area contributed by atoms with Gasteiger partial charge in [-0.25, -0.2) is 0 Å². The summed E-state index contributed by atoms with van der Waals surface area (Å²) < 4.78 is 9.68. The summed E-state index contributed by atoms with van der Waals surface area (Å²) >= 11 is 0. The van der Waals surface area contributed by atoms with Gasteiger partial charge < -0.3 is 19.7 Å². The number of methoxy groups -OCH3 is 1. The van der Waals surface area contributed by atoms with Gasteiger partial charge in [0.15, 0.2) is 0 Å². The van der Waals surface area contributed by atoms with Crippen LogP contribution in [0.3, 0.4) is 0 Å². The van der Waals surface area contributed by atoms with Crippen molar-refractivity contribution < 1.29 is 19.7 Å². The number of hydrogen-bond donors (Lipinski definition) is 2. The standard InChI is InChI=1S/C7H16O4/c1-6(8)7(9)5-11-4-3-10-2/h6-9H,3-5H2,1-2H3. The first-order valence-corrected chi connectivity index (χ1v) is 3.61. The van der Waals surface area contributed by atoms with Crippen LogP contribution in [-0.4, -0.2) is 49.4 Å². The molecule has 0 aromatic heterocycles. The third kappa shape index (κ3) is 6.25. The molecular weight excluding hydrogens is 148 g/mol. The first-order chi connectivity index (χ1) is 5.18. The topological polar surface area (TPSA) is 58.9 Å². The summed E-state index contributed by atoms with van der Waals surface area (Å²) in [6.07, 6.45) is -1.54. The minimum absolute atomic E-state index is 0.154. The van der Waals surface area contributed by atoms with Gasteiger partial charge in [-0.3, -0.25) is 0 Å². The molecule has 0 amide bonds. The van der Waals surface area contributed by atoms with Gasteiger partial charge in [0.05, 0.1) is 25.9 Å². The molecule has 0 aromatic rings. The summed E-state index contributed by atoms with van der Waals surface area (Å²) in [6.45, 7) is 2.62. The predicted octanol–water partition coefficient (Wildman–Crippen LogP) is -0.609. The van der Waals surface area contributed by atoms with E-state index in [9.17, 15) is 0 Å². The van der Waals surface area contributed by atoms with E-state index >= 15 is 0 Å². The molecule has 0 saturated carbocycles. The minimum Gasteiger partial charge on any atom is -0.391 e. The van der Waals surface area contributed by atoms with E-state index in [4.69, 9.17) is 19.7 Å². The Morgan fingerprint density at radius 1 is 1.27 bits per heavy atom. The van der Waals surface area contributed by atoms with Gasteiger partial charge in [0, 0.05) is 7.11 Å². The number of aliphatic hydroxyl groups is 2. The second kappa shape index (κ2) is 6.54. The zero-order valence-corrected chi connectivity index (χ0v) is 6.99. The van der Waals surface area contributed by atoms with Crippen LogP contribution in [0.2, 0.25) is 0 Å². The molecule has 0 fully saturated rings. The Morgan fingerprint density at radius 2 is 1.91 bits per heavy atom. The van der Waals surface area contributed by atoms with Gasteiger partial charge in [-0.05, 0) is 6.92 Å². The van der Waals surface area contributed by atoms with Crippen LogP contribution < -0.4 is 0 Å². The van der Waals surface area contributed by atoms with Gasteiger partial charge in [0.2, 0.25) is 0 Å². The van der Waals surface area contributed by atoms with E-state index in [2.05, 4.69) is 0 Å². The smallest absolute Gasteiger partial charge is 0.103 e. The Kier molecular flexibility index (Phi) is 6.45. The molecule has 0 heterocycles. The van der Waals surface area contributed by atoms with Gasteiger partial charge in [0.25, 0.3) is 0 Å². The zero-order valence-electron chi connectivity index (χ0n) is 6.99. The fourth-order valence-electron chi connectivity index (χ4n) is 0.486. The molecule has 0 bridgehead atoms. The molecule has 0 aliphatic heterocycles. The van der Waals surface area contributed by atoms with Crippen molar-refractivity contribution in [2.75, 3.05) is 26.9 Å². The molecule has 68 valence electrons. The van der Waals surface area contributed by atoms with Crippen molar-refractivity contribution in [1.82, 2.24) is 0 Å². The molecule has 2 N–H and O–H groups in total. The molecule has 0 radical (unpaired) electrons. The highest BCUT2D eigenvalue weighted by atomic mass is 16.5. The van der Waals surface area contributed by atoms with E-state index in [-0.39, 0.29) is 6.61 Å². The summed E-state index contributed by atoms with van der Waals surface area (Å²) in [4.78, 5) is 0. The summed E-state index contributed by atoms with van der Waals surface area (Å²) in [7, 11) is 1.58. The van der Waals surface area contributed by atoms with E-state index in [1.54, 1.807) is 7.11 Å². The van der Waals surface area contributed by atoms with Crippen LogP contribution in [0.15, 0.2) is 0 Å². The maximum absolute atomic E-state index is 9.01. The third-order valence-corrected chi connectivity index (χ3v) is 1.28. The Labute approximate surface area is 66.7 Å². The average Bonchev–Trinajstić information content (AvgIpc) is 1.97. The summed E-state index contributed by atoms with van der Waals surface area (Å²) in [5.41, 5.74) is 0. The van der Waals surface area contributed by atoms with Gasteiger partial charge >= 0.3 is 0 Å². The third-order valence-electron chi connectivity index (χ3n) is 1.28. The van der Waals surface area contributed by atoms with Crippen molar-refractivity contribution in [3.05, 3.63) is 0 Å². The Bertz CT molecular complexity index is 84.5. The maximum Gasteiger partial charge on any atom is 0.103 e. The van der Waals surface area contributed by atoms with Crippen molar-refractivity contribution >= 4 is 0 Å². The lowest BCUT2D eigenvalue weighted by Crippen LogP contribution is -2.28. The molecule has 0 aromatic carbocycles. The van der Waals surface area contributed by atoms with Crippen LogP contribution in [0, 0.1) is 0 Å². The molecule has 0 aliphatic carbocycles. The van der Waals surface area contributed by atoms with Crippen LogP contribution in [0.1, 0.15) is 6.92 Å². The highest BCUT2D eigenvalue weighted by molar-refractivity contribution is 4.59. The van der Waals surface area contributed by atoms with E-state index in [1.165, 1.54) is 6.92 Å². The van der Waals surface area contributed by atoms with Crippen molar-refractivity contribution in [3.63, 3.8) is 0 Å². The first kappa shape index (κ1) is 10.8. The molecular formula is C7H16O4. The van der Waals surface area contributed by atoms with Crippen LogP contribution in [0.25, 0.3) is 0 Å². The normalized spacial score (nSPS) is 16.4. The van der Waals surface area contributed by atoms with E-state index in [1.807, 2.05) is 0 Å². The molecule has 2 unspecified atom stereocenters. The molecule has 4 heteroatoms. The van der Waals surface area contributed by atoms with E-state index in [0.717, 1.165) is 0 Å². The van der Waals surface area contributed by atoms with Gasteiger partial charge in [0.1, 0.15) is 6.10 Å². The molecule has 4 nitrogen and oxygen atoms in total. The largest absolute Gasteiger partial charge is 0.391 e. The maximum atomic E-state index is 9.01. The first-order valence-electron chi connectivity index (χ1n) is 3.61. The quantitative estimate of drug-likeness (QED) is 0.514. The Balaban J connectivity index is 3.10. The Morgan fingerprint density at radius 3 is 2.36 bits per heavy atom. The fourth-order valence-corrected chi connectivity index (χ4v) is 0.486.